The quantitative estimate of drug-likeness (QED) is 0.757. The lowest BCUT2D eigenvalue weighted by molar-refractivity contribution is 0.302. The van der Waals surface area contributed by atoms with Crippen LogP contribution in [0.3, 0.4) is 0 Å². The maximum absolute atomic E-state index is 9.06. The zero-order valence-corrected chi connectivity index (χ0v) is 8.87. The molecular weight excluding hydrogens is 184 g/mol. The maximum atomic E-state index is 9.06. The summed E-state index contributed by atoms with van der Waals surface area (Å²) < 4.78 is 0. The number of hydrogen-bond acceptors (Lipinski definition) is 2. The van der Waals surface area contributed by atoms with Crippen LogP contribution in [0.5, 0.6) is 0 Å². The van der Waals surface area contributed by atoms with Gasteiger partial charge in [0.05, 0.1) is 11.6 Å². The fourth-order valence-electron chi connectivity index (χ4n) is 2.47. The lowest BCUT2D eigenvalue weighted by Gasteiger charge is -2.34. The largest absolute Gasteiger partial charge is 0.321 e. The van der Waals surface area contributed by atoms with Gasteiger partial charge in [0.2, 0.25) is 0 Å². The SMILES string of the molecule is N#Cc1ccccc1C1(N)CCCCC1. The predicted octanol–water partition coefficient (Wildman–Crippen LogP) is 2.68. The average Bonchev–Trinajstić information content (AvgIpc) is 2.30. The highest BCUT2D eigenvalue weighted by Gasteiger charge is 2.31. The summed E-state index contributed by atoms with van der Waals surface area (Å²) in [4.78, 5) is 0. The Morgan fingerprint density at radius 1 is 1.13 bits per heavy atom. The van der Waals surface area contributed by atoms with Crippen molar-refractivity contribution in [3.8, 4) is 6.07 Å². The minimum Gasteiger partial charge on any atom is -0.321 e. The number of nitrogens with two attached hydrogens (primary N) is 1. The molecule has 15 heavy (non-hydrogen) atoms. The molecule has 0 radical (unpaired) electrons. The number of rotatable bonds is 1. The molecule has 0 bridgehead atoms. The van der Waals surface area contributed by atoms with Crippen molar-refractivity contribution < 1.29 is 0 Å². The van der Waals surface area contributed by atoms with Crippen LogP contribution in [-0.4, -0.2) is 0 Å². The van der Waals surface area contributed by atoms with Crippen LogP contribution in [0.25, 0.3) is 0 Å². The fourth-order valence-corrected chi connectivity index (χ4v) is 2.47. The second-order valence-corrected chi connectivity index (χ2v) is 4.37. The summed E-state index contributed by atoms with van der Waals surface area (Å²) in [6.45, 7) is 0. The van der Waals surface area contributed by atoms with E-state index in [4.69, 9.17) is 11.0 Å². The Balaban J connectivity index is 2.39. The standard InChI is InChI=1S/C13H16N2/c14-10-11-6-2-3-7-12(11)13(15)8-4-1-5-9-13/h2-3,6-7H,1,4-5,8-9,15H2. The van der Waals surface area contributed by atoms with Gasteiger partial charge in [0.15, 0.2) is 0 Å². The first-order chi connectivity index (χ1) is 7.26. The Kier molecular flexibility index (Phi) is 2.75. The minimum atomic E-state index is -0.259. The van der Waals surface area contributed by atoms with Crippen molar-refractivity contribution in [3.05, 3.63) is 35.4 Å². The van der Waals surface area contributed by atoms with Crippen molar-refractivity contribution in [1.29, 1.82) is 5.26 Å². The van der Waals surface area contributed by atoms with Gasteiger partial charge in [-0.2, -0.15) is 5.26 Å². The van der Waals surface area contributed by atoms with Crippen LogP contribution in [0.4, 0.5) is 0 Å². The molecule has 1 aromatic rings. The van der Waals surface area contributed by atoms with Crippen molar-refractivity contribution in [3.63, 3.8) is 0 Å². The van der Waals surface area contributed by atoms with Gasteiger partial charge >= 0.3 is 0 Å². The van der Waals surface area contributed by atoms with Gasteiger partial charge in [0.25, 0.3) is 0 Å². The van der Waals surface area contributed by atoms with Gasteiger partial charge in [-0.05, 0) is 24.5 Å². The molecule has 0 aliphatic heterocycles. The van der Waals surface area contributed by atoms with Crippen LogP contribution in [0.15, 0.2) is 24.3 Å². The summed E-state index contributed by atoms with van der Waals surface area (Å²) in [5.74, 6) is 0. The molecule has 1 aliphatic carbocycles. The zero-order valence-electron chi connectivity index (χ0n) is 8.87. The van der Waals surface area contributed by atoms with E-state index in [0.717, 1.165) is 24.0 Å². The highest BCUT2D eigenvalue weighted by atomic mass is 14.7. The summed E-state index contributed by atoms with van der Waals surface area (Å²) in [6.07, 6.45) is 5.64. The average molecular weight is 200 g/mol. The molecule has 78 valence electrons. The molecule has 0 aromatic heterocycles. The summed E-state index contributed by atoms with van der Waals surface area (Å²) >= 11 is 0. The third kappa shape index (κ3) is 1.88. The van der Waals surface area contributed by atoms with Gasteiger partial charge in [-0.25, -0.2) is 0 Å². The van der Waals surface area contributed by atoms with Crippen molar-refractivity contribution >= 4 is 0 Å². The molecule has 0 heterocycles. The van der Waals surface area contributed by atoms with Gasteiger partial charge in [-0.15, -0.1) is 0 Å². The topological polar surface area (TPSA) is 49.8 Å². The lowest BCUT2D eigenvalue weighted by Crippen LogP contribution is -2.39. The van der Waals surface area contributed by atoms with Crippen LogP contribution >= 0.6 is 0 Å². The van der Waals surface area contributed by atoms with E-state index in [1.807, 2.05) is 24.3 Å². The maximum Gasteiger partial charge on any atom is 0.0995 e. The third-order valence-electron chi connectivity index (χ3n) is 3.33. The van der Waals surface area contributed by atoms with Crippen LogP contribution in [0.1, 0.15) is 43.2 Å². The predicted molar refractivity (Wildman–Crippen MR) is 60.1 cm³/mol. The Bertz CT molecular complexity index is 384. The molecule has 1 aliphatic rings. The Morgan fingerprint density at radius 3 is 2.47 bits per heavy atom. The Labute approximate surface area is 90.7 Å². The second kappa shape index (κ2) is 4.04. The molecule has 0 spiro atoms. The first kappa shape index (κ1) is 10.2. The van der Waals surface area contributed by atoms with E-state index >= 15 is 0 Å². The van der Waals surface area contributed by atoms with Crippen LogP contribution in [0.2, 0.25) is 0 Å². The highest BCUT2D eigenvalue weighted by molar-refractivity contribution is 5.42. The van der Waals surface area contributed by atoms with E-state index in [2.05, 4.69) is 6.07 Å². The normalized spacial score (nSPS) is 19.5. The molecule has 1 saturated carbocycles. The number of hydrogen-bond donors (Lipinski definition) is 1. The molecule has 2 rings (SSSR count). The fraction of sp³-hybridized carbons (Fsp3) is 0.462. The van der Waals surface area contributed by atoms with Crippen molar-refractivity contribution in [2.24, 2.45) is 5.73 Å². The number of nitriles is 1. The molecule has 2 heteroatoms. The molecule has 2 nitrogen and oxygen atoms in total. The summed E-state index contributed by atoms with van der Waals surface area (Å²) in [5.41, 5.74) is 7.92. The third-order valence-corrected chi connectivity index (χ3v) is 3.33. The number of benzene rings is 1. The Morgan fingerprint density at radius 2 is 1.80 bits per heavy atom. The zero-order chi connectivity index (χ0) is 10.7. The molecule has 0 atom stereocenters. The lowest BCUT2D eigenvalue weighted by atomic mass is 9.76. The molecule has 0 saturated heterocycles. The van der Waals surface area contributed by atoms with E-state index in [1.165, 1.54) is 19.3 Å². The molecule has 1 fully saturated rings. The number of nitrogens with zero attached hydrogens (tertiary/aromatic N) is 1. The van der Waals surface area contributed by atoms with E-state index in [0.29, 0.717) is 0 Å². The first-order valence-corrected chi connectivity index (χ1v) is 5.55. The van der Waals surface area contributed by atoms with Gasteiger partial charge in [0, 0.05) is 5.54 Å². The van der Waals surface area contributed by atoms with Crippen molar-refractivity contribution in [2.75, 3.05) is 0 Å². The van der Waals surface area contributed by atoms with E-state index in [-0.39, 0.29) is 5.54 Å². The second-order valence-electron chi connectivity index (χ2n) is 4.37. The van der Waals surface area contributed by atoms with Crippen molar-refractivity contribution in [1.82, 2.24) is 0 Å². The van der Waals surface area contributed by atoms with Crippen LogP contribution < -0.4 is 5.73 Å². The molecular formula is C13H16N2. The molecule has 0 amide bonds. The summed E-state index contributed by atoms with van der Waals surface area (Å²) in [6, 6.07) is 9.97. The van der Waals surface area contributed by atoms with Crippen molar-refractivity contribution in [2.45, 2.75) is 37.6 Å². The van der Waals surface area contributed by atoms with E-state index < -0.39 is 0 Å². The van der Waals surface area contributed by atoms with Crippen LogP contribution in [-0.2, 0) is 5.54 Å². The van der Waals surface area contributed by atoms with Gasteiger partial charge in [-0.3, -0.25) is 0 Å². The minimum absolute atomic E-state index is 0.259. The summed E-state index contributed by atoms with van der Waals surface area (Å²) in [7, 11) is 0. The molecule has 0 unspecified atom stereocenters. The summed E-state index contributed by atoms with van der Waals surface area (Å²) in [5, 5.41) is 9.06. The van der Waals surface area contributed by atoms with E-state index in [9.17, 15) is 0 Å². The van der Waals surface area contributed by atoms with Gasteiger partial charge in [0.1, 0.15) is 0 Å². The highest BCUT2D eigenvalue weighted by Crippen LogP contribution is 2.35. The molecule has 1 aromatic carbocycles. The van der Waals surface area contributed by atoms with E-state index in [1.54, 1.807) is 0 Å². The molecule has 2 N–H and O–H groups in total. The smallest absolute Gasteiger partial charge is 0.0995 e. The first-order valence-electron chi connectivity index (χ1n) is 5.55. The van der Waals surface area contributed by atoms with Gasteiger partial charge in [-0.1, -0.05) is 37.5 Å². The Hall–Kier alpha value is -1.33. The monoisotopic (exact) mass is 200 g/mol. The van der Waals surface area contributed by atoms with Crippen LogP contribution in [0, 0.1) is 11.3 Å². The van der Waals surface area contributed by atoms with Gasteiger partial charge < -0.3 is 5.73 Å².